The molecule has 4 rings (SSSR count). The average Bonchev–Trinajstić information content (AvgIpc) is 3.48. The molecule has 4 fully saturated rings. The molecule has 4 saturated carbocycles. The normalized spacial score (nSPS) is 39.3. The highest BCUT2D eigenvalue weighted by Gasteiger charge is 2.50. The zero-order valence-corrected chi connectivity index (χ0v) is 18.9. The van der Waals surface area contributed by atoms with Crippen LogP contribution in [0.2, 0.25) is 0 Å². The molecule has 1 nitrogen and oxygen atoms in total. The third-order valence-corrected chi connectivity index (χ3v) is 8.68. The van der Waals surface area contributed by atoms with E-state index in [4.69, 9.17) is 0 Å². The first-order valence-corrected chi connectivity index (χ1v) is 12.2. The van der Waals surface area contributed by atoms with Crippen LogP contribution in [0.3, 0.4) is 0 Å². The Hall–Kier alpha value is -1.37. The highest BCUT2D eigenvalue weighted by Crippen LogP contribution is 2.59. The van der Waals surface area contributed by atoms with Gasteiger partial charge in [-0.3, -0.25) is 4.79 Å². The highest BCUT2D eigenvalue weighted by atomic mass is 16.1. The molecule has 0 aromatic carbocycles. The highest BCUT2D eigenvalue weighted by molar-refractivity contribution is 5.93. The minimum atomic E-state index is 0.347. The van der Waals surface area contributed by atoms with E-state index in [2.05, 4.69) is 45.6 Å². The van der Waals surface area contributed by atoms with Gasteiger partial charge in [0.2, 0.25) is 0 Å². The topological polar surface area (TPSA) is 17.1 Å². The number of carbonyl (C=O) groups is 1. The minimum absolute atomic E-state index is 0.347. The summed E-state index contributed by atoms with van der Waals surface area (Å²) in [5.74, 6) is 3.45. The van der Waals surface area contributed by atoms with Crippen LogP contribution in [0.15, 0.2) is 47.6 Å². The van der Waals surface area contributed by atoms with Crippen molar-refractivity contribution in [1.82, 2.24) is 0 Å². The SMILES string of the molecule is C=C1CC[C@H](C)C/C1=C\C=C1/CCC[C@]2(C)C([C@H](C)/C=C/C(=O)C3CC3)CC[C@@H]12. The second kappa shape index (κ2) is 8.40. The first kappa shape index (κ1) is 20.9. The fourth-order valence-corrected chi connectivity index (χ4v) is 6.62. The van der Waals surface area contributed by atoms with Crippen molar-refractivity contribution in [3.63, 3.8) is 0 Å². The largest absolute Gasteiger partial charge is 0.295 e. The van der Waals surface area contributed by atoms with E-state index < -0.39 is 0 Å². The number of ketones is 1. The summed E-state index contributed by atoms with van der Waals surface area (Å²) >= 11 is 0. The van der Waals surface area contributed by atoms with E-state index in [0.717, 1.165) is 24.7 Å². The van der Waals surface area contributed by atoms with Gasteiger partial charge in [-0.25, -0.2) is 0 Å². The summed E-state index contributed by atoms with van der Waals surface area (Å²) in [6.07, 6.45) is 21.5. The van der Waals surface area contributed by atoms with E-state index in [-0.39, 0.29) is 0 Å². The van der Waals surface area contributed by atoms with E-state index in [1.54, 1.807) is 5.57 Å². The van der Waals surface area contributed by atoms with Crippen LogP contribution in [-0.2, 0) is 4.79 Å². The molecule has 0 aromatic heterocycles. The molecular weight excluding hydrogens is 352 g/mol. The molecule has 158 valence electrons. The summed E-state index contributed by atoms with van der Waals surface area (Å²) < 4.78 is 0. The lowest BCUT2D eigenvalue weighted by Gasteiger charge is -2.44. The van der Waals surface area contributed by atoms with Gasteiger partial charge in [-0.15, -0.1) is 0 Å². The first-order valence-electron chi connectivity index (χ1n) is 12.2. The molecule has 0 aromatic rings. The predicted octanol–water partition coefficient (Wildman–Crippen LogP) is 7.60. The zero-order valence-electron chi connectivity index (χ0n) is 18.9. The molecule has 1 unspecified atom stereocenters. The van der Waals surface area contributed by atoms with E-state index >= 15 is 0 Å². The monoisotopic (exact) mass is 392 g/mol. The van der Waals surface area contributed by atoms with Crippen LogP contribution in [0.1, 0.15) is 85.0 Å². The van der Waals surface area contributed by atoms with Crippen LogP contribution >= 0.6 is 0 Å². The maximum absolute atomic E-state index is 12.1. The third kappa shape index (κ3) is 4.39. The molecule has 0 amide bonds. The van der Waals surface area contributed by atoms with Gasteiger partial charge in [0.05, 0.1) is 0 Å². The molecule has 0 bridgehead atoms. The van der Waals surface area contributed by atoms with Gasteiger partial charge in [0.25, 0.3) is 0 Å². The van der Waals surface area contributed by atoms with Gasteiger partial charge in [0, 0.05) is 5.92 Å². The maximum Gasteiger partial charge on any atom is 0.158 e. The van der Waals surface area contributed by atoms with Crippen molar-refractivity contribution in [3.05, 3.63) is 47.6 Å². The Bertz CT molecular complexity index is 746. The van der Waals surface area contributed by atoms with Gasteiger partial charge < -0.3 is 0 Å². The van der Waals surface area contributed by atoms with E-state index in [0.29, 0.717) is 29.0 Å². The van der Waals surface area contributed by atoms with Gasteiger partial charge in [0.1, 0.15) is 0 Å². The molecule has 0 saturated heterocycles. The number of allylic oxidation sites excluding steroid dienone is 7. The van der Waals surface area contributed by atoms with Gasteiger partial charge in [-0.1, -0.05) is 56.7 Å². The van der Waals surface area contributed by atoms with Crippen molar-refractivity contribution < 1.29 is 4.79 Å². The third-order valence-electron chi connectivity index (χ3n) is 8.68. The average molecular weight is 393 g/mol. The van der Waals surface area contributed by atoms with Crippen LogP contribution in [0.5, 0.6) is 0 Å². The van der Waals surface area contributed by atoms with Crippen molar-refractivity contribution in [3.8, 4) is 0 Å². The number of hydrogen-bond donors (Lipinski definition) is 0. The quantitative estimate of drug-likeness (QED) is 0.440. The number of carbonyl (C=O) groups excluding carboxylic acids is 1. The molecule has 0 spiro atoms. The smallest absolute Gasteiger partial charge is 0.158 e. The molecular formula is C28H40O. The summed E-state index contributed by atoms with van der Waals surface area (Å²) in [5.41, 5.74) is 4.94. The molecule has 0 heterocycles. The van der Waals surface area contributed by atoms with Crippen molar-refractivity contribution >= 4 is 5.78 Å². The lowest BCUT2D eigenvalue weighted by molar-refractivity contribution is -0.115. The second-order valence-electron chi connectivity index (χ2n) is 10.9. The van der Waals surface area contributed by atoms with E-state index in [1.165, 1.54) is 62.5 Å². The molecule has 29 heavy (non-hydrogen) atoms. The van der Waals surface area contributed by atoms with E-state index in [9.17, 15) is 4.79 Å². The molecule has 0 N–H and O–H groups in total. The summed E-state index contributed by atoms with van der Waals surface area (Å²) in [6, 6.07) is 0. The van der Waals surface area contributed by atoms with Gasteiger partial charge in [0.15, 0.2) is 5.78 Å². The van der Waals surface area contributed by atoms with Crippen LogP contribution in [0, 0.1) is 35.0 Å². The molecule has 0 aliphatic heterocycles. The summed E-state index contributed by atoms with van der Waals surface area (Å²) in [7, 11) is 0. The minimum Gasteiger partial charge on any atom is -0.295 e. The Morgan fingerprint density at radius 3 is 2.69 bits per heavy atom. The molecule has 0 radical (unpaired) electrons. The summed E-state index contributed by atoms with van der Waals surface area (Å²) in [4.78, 5) is 12.1. The standard InChI is InChI=1S/C28H40O/c1-19-7-8-20(2)24(18-19)13-10-22-6-5-17-28(4)25(14-15-26(22)28)21(3)9-16-27(29)23-11-12-23/h9-10,13,16,19,21,23,25-26H,2,5-8,11-12,14-15,17-18H2,1,3-4H3/b16-9+,22-10+,24-13+/t19-,21+,25?,26-,28+/m0/s1. The predicted molar refractivity (Wildman–Crippen MR) is 123 cm³/mol. The van der Waals surface area contributed by atoms with Gasteiger partial charge >= 0.3 is 0 Å². The van der Waals surface area contributed by atoms with Gasteiger partial charge in [-0.2, -0.15) is 0 Å². The number of fused-ring (bicyclic) bond motifs is 1. The lowest BCUT2D eigenvalue weighted by Crippen LogP contribution is -2.35. The Morgan fingerprint density at radius 1 is 1.14 bits per heavy atom. The van der Waals surface area contributed by atoms with Crippen molar-refractivity contribution in [2.45, 2.75) is 85.0 Å². The lowest BCUT2D eigenvalue weighted by atomic mass is 9.61. The van der Waals surface area contributed by atoms with E-state index in [1.807, 2.05) is 6.08 Å². The van der Waals surface area contributed by atoms with Crippen molar-refractivity contribution in [1.29, 1.82) is 0 Å². The van der Waals surface area contributed by atoms with Crippen LogP contribution < -0.4 is 0 Å². The Labute approximate surface area is 178 Å². The van der Waals surface area contributed by atoms with Crippen LogP contribution in [0.4, 0.5) is 0 Å². The zero-order chi connectivity index (χ0) is 20.6. The Kier molecular flexibility index (Phi) is 6.05. The molecule has 4 aliphatic rings. The number of hydrogen-bond acceptors (Lipinski definition) is 1. The Balaban J connectivity index is 1.48. The first-order chi connectivity index (χ1) is 13.9. The van der Waals surface area contributed by atoms with Crippen LogP contribution in [-0.4, -0.2) is 5.78 Å². The second-order valence-corrected chi connectivity index (χ2v) is 10.9. The Morgan fingerprint density at radius 2 is 1.93 bits per heavy atom. The van der Waals surface area contributed by atoms with Crippen LogP contribution in [0.25, 0.3) is 0 Å². The fraction of sp³-hybridized carbons (Fsp3) is 0.679. The summed E-state index contributed by atoms with van der Waals surface area (Å²) in [5, 5.41) is 0. The molecule has 5 atom stereocenters. The number of rotatable bonds is 5. The van der Waals surface area contributed by atoms with Gasteiger partial charge in [-0.05, 0) is 105 Å². The van der Waals surface area contributed by atoms with Crippen molar-refractivity contribution in [2.75, 3.05) is 0 Å². The fourth-order valence-electron chi connectivity index (χ4n) is 6.62. The summed E-state index contributed by atoms with van der Waals surface area (Å²) in [6.45, 7) is 11.6. The molecule has 4 aliphatic carbocycles. The van der Waals surface area contributed by atoms with Crippen molar-refractivity contribution in [2.24, 2.45) is 35.0 Å². The maximum atomic E-state index is 12.1. The molecule has 1 heteroatoms.